The second kappa shape index (κ2) is 10.5. The summed E-state index contributed by atoms with van der Waals surface area (Å²) in [5.74, 6) is 0.562. The van der Waals surface area contributed by atoms with Gasteiger partial charge in [0.25, 0.3) is 0 Å². The number of hydrogen-bond donors (Lipinski definition) is 1. The number of piperidine rings is 1. The van der Waals surface area contributed by atoms with Crippen molar-refractivity contribution in [2.24, 2.45) is 0 Å². The van der Waals surface area contributed by atoms with Crippen molar-refractivity contribution in [3.05, 3.63) is 70.9 Å². The van der Waals surface area contributed by atoms with Gasteiger partial charge in [-0.15, -0.1) is 0 Å². The monoisotopic (exact) mass is 615 g/mol. The lowest BCUT2D eigenvalue weighted by Crippen LogP contribution is -2.42. The van der Waals surface area contributed by atoms with Gasteiger partial charge in [0.2, 0.25) is 10.0 Å². The summed E-state index contributed by atoms with van der Waals surface area (Å²) < 4.78 is 109. The van der Waals surface area contributed by atoms with E-state index in [-0.39, 0.29) is 50.2 Å². The molecule has 2 aromatic carbocycles. The molecule has 0 radical (unpaired) electrons. The zero-order valence-electron chi connectivity index (χ0n) is 21.3. The second-order valence-corrected chi connectivity index (χ2v) is 12.0. The van der Waals surface area contributed by atoms with E-state index in [1.54, 1.807) is 28.9 Å². The van der Waals surface area contributed by atoms with E-state index in [0.29, 0.717) is 27.7 Å². The van der Waals surface area contributed by atoms with Crippen molar-refractivity contribution >= 4 is 46.4 Å². The summed E-state index contributed by atoms with van der Waals surface area (Å²) >= 11 is 6.38. The highest BCUT2D eigenvalue weighted by molar-refractivity contribution is 7.89. The molecule has 0 saturated carbocycles. The molecule has 1 aliphatic heterocycles. The van der Waals surface area contributed by atoms with E-state index in [2.05, 4.69) is 15.4 Å². The summed E-state index contributed by atoms with van der Waals surface area (Å²) in [5.41, 5.74) is -0.710. The van der Waals surface area contributed by atoms with E-state index < -0.39 is 38.4 Å². The predicted octanol–water partition coefficient (Wildman–Crippen LogP) is 4.61. The van der Waals surface area contributed by atoms with Crippen molar-refractivity contribution in [3.63, 3.8) is 0 Å². The first kappa shape index (κ1) is 29.2. The molecule has 0 aliphatic carbocycles. The van der Waals surface area contributed by atoms with Crippen molar-refractivity contribution in [2.45, 2.75) is 36.1 Å². The van der Waals surface area contributed by atoms with Gasteiger partial charge in [-0.3, -0.25) is 0 Å². The number of rotatable bonds is 5. The maximum absolute atomic E-state index is 13.3. The van der Waals surface area contributed by atoms with Crippen LogP contribution in [0.4, 0.5) is 32.2 Å². The van der Waals surface area contributed by atoms with E-state index in [1.165, 1.54) is 0 Å². The minimum absolute atomic E-state index is 0.0987. The Morgan fingerprint density at radius 3 is 2.15 bits per heavy atom. The van der Waals surface area contributed by atoms with Crippen LogP contribution in [-0.4, -0.2) is 54.3 Å². The molecule has 0 spiro atoms. The van der Waals surface area contributed by atoms with E-state index >= 15 is 0 Å². The Kier molecular flexibility index (Phi) is 7.49. The summed E-state index contributed by atoms with van der Waals surface area (Å²) in [5, 5.41) is 8.19. The van der Waals surface area contributed by atoms with Gasteiger partial charge < -0.3 is 5.32 Å². The zero-order valence-corrected chi connectivity index (χ0v) is 22.8. The number of sulfonamides is 1. The lowest BCUT2D eigenvalue weighted by Gasteiger charge is -2.32. The number of halogens is 7. The third-order valence-electron chi connectivity index (χ3n) is 6.80. The van der Waals surface area contributed by atoms with Crippen molar-refractivity contribution in [1.82, 2.24) is 18.9 Å². The largest absolute Gasteiger partial charge is 0.416 e. The summed E-state index contributed by atoms with van der Waals surface area (Å²) in [6.07, 6.45) is -8.22. The number of aromatic nitrogens is 3. The van der Waals surface area contributed by atoms with Crippen molar-refractivity contribution in [2.75, 3.05) is 18.4 Å². The molecule has 1 aliphatic rings. The van der Waals surface area contributed by atoms with E-state index in [1.807, 2.05) is 20.0 Å². The van der Waals surface area contributed by atoms with E-state index in [4.69, 9.17) is 11.6 Å². The first-order valence-corrected chi connectivity index (χ1v) is 14.1. The van der Waals surface area contributed by atoms with Gasteiger partial charge in [0.1, 0.15) is 13.7 Å². The SMILES string of the molecule is Bc1cnn2c(NC3CCN(S(=O)(=O)c4cc(C(F)(F)F)cc(C(F)(F)F)c4)CC3)cc(-c3ccccc3Cl)nc12. The van der Waals surface area contributed by atoms with Crippen molar-refractivity contribution < 1.29 is 34.8 Å². The Bertz CT molecular complexity index is 1690. The molecule has 7 nitrogen and oxygen atoms in total. The number of anilines is 1. The van der Waals surface area contributed by atoms with Gasteiger partial charge in [0, 0.05) is 42.0 Å². The molecule has 3 heterocycles. The molecule has 0 unspecified atom stereocenters. The van der Waals surface area contributed by atoms with Crippen molar-refractivity contribution in [3.8, 4) is 11.3 Å². The van der Waals surface area contributed by atoms with Gasteiger partial charge in [-0.25, -0.2) is 13.4 Å². The number of hydrogen-bond acceptors (Lipinski definition) is 5. The predicted molar refractivity (Wildman–Crippen MR) is 143 cm³/mol. The Hall–Kier alpha value is -3.30. The minimum atomic E-state index is -5.16. The Morgan fingerprint density at radius 2 is 1.56 bits per heavy atom. The maximum Gasteiger partial charge on any atom is 0.416 e. The lowest BCUT2D eigenvalue weighted by atomic mass is 10.0. The molecule has 16 heteroatoms. The molecular weight excluding hydrogens is 595 g/mol. The van der Waals surface area contributed by atoms with Gasteiger partial charge >= 0.3 is 12.4 Å². The molecule has 0 bridgehead atoms. The molecule has 1 fully saturated rings. The average Bonchev–Trinajstić information content (AvgIpc) is 3.29. The number of fused-ring (bicyclic) bond motifs is 1. The van der Waals surface area contributed by atoms with Crippen LogP contribution in [0.2, 0.25) is 5.02 Å². The minimum Gasteiger partial charge on any atom is -0.367 e. The van der Waals surface area contributed by atoms with Crippen LogP contribution >= 0.6 is 11.6 Å². The second-order valence-electron chi connectivity index (χ2n) is 9.63. The molecule has 1 N–H and O–H groups in total. The quantitative estimate of drug-likeness (QED) is 0.262. The van der Waals surface area contributed by atoms with Crippen LogP contribution in [0.25, 0.3) is 16.9 Å². The molecule has 216 valence electrons. The number of alkyl halides is 6. The maximum atomic E-state index is 13.3. The Balaban J connectivity index is 1.39. The molecule has 4 aromatic rings. The van der Waals surface area contributed by atoms with Crippen molar-refractivity contribution in [1.29, 1.82) is 0 Å². The summed E-state index contributed by atoms with van der Waals surface area (Å²) in [4.78, 5) is 3.62. The van der Waals surface area contributed by atoms with E-state index in [9.17, 15) is 34.8 Å². The lowest BCUT2D eigenvalue weighted by molar-refractivity contribution is -0.143. The third kappa shape index (κ3) is 5.88. The van der Waals surface area contributed by atoms with Crippen LogP contribution in [0.15, 0.2) is 59.6 Å². The fraction of sp³-hybridized carbons (Fsp3) is 0.280. The zero-order chi connectivity index (χ0) is 29.7. The van der Waals surface area contributed by atoms with Crippen LogP contribution < -0.4 is 10.8 Å². The topological polar surface area (TPSA) is 79.6 Å². The smallest absolute Gasteiger partial charge is 0.367 e. The van der Waals surface area contributed by atoms with Gasteiger partial charge in [-0.05, 0) is 42.6 Å². The average molecular weight is 616 g/mol. The number of nitrogens with one attached hydrogen (secondary N) is 1. The van der Waals surface area contributed by atoms with Crippen LogP contribution in [0.1, 0.15) is 24.0 Å². The molecule has 0 atom stereocenters. The standard InChI is InChI=1S/C25H21BClF6N5O2S/c26-19-13-34-38-22(12-21(36-23(19)38)18-3-1-2-4-20(18)27)35-16-5-7-37(8-6-16)41(39,40)17-10-14(24(28,29)30)9-15(11-17)25(31,32)33/h1-4,9-13,16,35H,5-8,26H2. The highest BCUT2D eigenvalue weighted by Gasteiger charge is 2.39. The first-order chi connectivity index (χ1) is 19.1. The summed E-state index contributed by atoms with van der Waals surface area (Å²) in [6, 6.07) is 9.01. The van der Waals surface area contributed by atoms with Crippen LogP contribution in [0.5, 0.6) is 0 Å². The highest BCUT2D eigenvalue weighted by atomic mass is 35.5. The molecule has 1 saturated heterocycles. The Morgan fingerprint density at radius 1 is 0.951 bits per heavy atom. The molecule has 5 rings (SSSR count). The van der Waals surface area contributed by atoms with Gasteiger partial charge in [0.15, 0.2) is 5.65 Å². The molecule has 2 aromatic heterocycles. The normalized spacial score (nSPS) is 15.9. The fourth-order valence-corrected chi connectivity index (χ4v) is 6.43. The fourth-order valence-electron chi connectivity index (χ4n) is 4.66. The third-order valence-corrected chi connectivity index (χ3v) is 9.01. The van der Waals surface area contributed by atoms with Crippen LogP contribution in [0, 0.1) is 0 Å². The van der Waals surface area contributed by atoms with Crippen LogP contribution in [-0.2, 0) is 22.4 Å². The highest BCUT2D eigenvalue weighted by Crippen LogP contribution is 2.38. The van der Waals surface area contributed by atoms with Gasteiger partial charge in [-0.1, -0.05) is 29.8 Å². The molecular formula is C25H21BClF6N5O2S. The van der Waals surface area contributed by atoms with Gasteiger partial charge in [0.05, 0.1) is 21.7 Å². The molecule has 41 heavy (non-hydrogen) atoms. The van der Waals surface area contributed by atoms with E-state index in [0.717, 1.165) is 9.77 Å². The summed E-state index contributed by atoms with van der Waals surface area (Å²) in [6.45, 7) is -0.247. The molecule has 0 amide bonds. The first-order valence-electron chi connectivity index (χ1n) is 12.3. The van der Waals surface area contributed by atoms with Crippen LogP contribution in [0.3, 0.4) is 0 Å². The van der Waals surface area contributed by atoms with Gasteiger partial charge in [-0.2, -0.15) is 40.3 Å². The number of nitrogens with zero attached hydrogens (tertiary/aromatic N) is 4. The Labute approximate surface area is 236 Å². The summed E-state index contributed by atoms with van der Waals surface area (Å²) in [7, 11) is -2.80. The number of benzene rings is 2.